The van der Waals surface area contributed by atoms with Crippen LogP contribution < -0.4 is 11.1 Å². The molecule has 3 aromatic rings. The number of rotatable bonds is 6. The number of aromatic nitrogens is 6. The molecule has 0 unspecified atom stereocenters. The van der Waals surface area contributed by atoms with Gasteiger partial charge in [0.05, 0.1) is 12.7 Å². The zero-order valence-corrected chi connectivity index (χ0v) is 13.0. The summed E-state index contributed by atoms with van der Waals surface area (Å²) in [5.41, 5.74) is 6.22. The topological polar surface area (TPSA) is 138 Å². The van der Waals surface area contributed by atoms with Crippen LogP contribution in [0.5, 0.6) is 0 Å². The second-order valence-corrected chi connectivity index (χ2v) is 5.02. The number of nitrogens with two attached hydrogens (primary N) is 1. The normalized spacial score (nSPS) is 12.1. The number of carbonyl (C=O) groups excluding carboxylic acids is 1. The molecule has 0 bridgehead atoms. The third kappa shape index (κ3) is 3.43. The van der Waals surface area contributed by atoms with Gasteiger partial charge in [-0.1, -0.05) is 16.4 Å². The highest BCUT2D eigenvalue weighted by Gasteiger charge is 2.20. The van der Waals surface area contributed by atoms with Gasteiger partial charge in [-0.3, -0.25) is 14.5 Å². The van der Waals surface area contributed by atoms with Gasteiger partial charge < -0.3 is 15.6 Å². The van der Waals surface area contributed by atoms with E-state index in [0.717, 1.165) is 0 Å². The predicted octanol–water partition coefficient (Wildman–Crippen LogP) is 0.173. The average Bonchev–Trinajstić information content (AvgIpc) is 3.25. The van der Waals surface area contributed by atoms with Crippen LogP contribution in [0.25, 0.3) is 11.5 Å². The Labute approximate surface area is 137 Å². The van der Waals surface area contributed by atoms with Crippen LogP contribution in [-0.4, -0.2) is 42.6 Å². The fraction of sp³-hybridized carbons (Fsp3) is 0.286. The SMILES string of the molecule is C[C@@H](NC(=O)c1cn(CCN)nn1)c1nc(-c2ccccn2)no1. The zero-order valence-electron chi connectivity index (χ0n) is 13.0. The zero-order chi connectivity index (χ0) is 16.9. The minimum atomic E-state index is -0.484. The summed E-state index contributed by atoms with van der Waals surface area (Å²) >= 11 is 0. The van der Waals surface area contributed by atoms with E-state index in [-0.39, 0.29) is 17.5 Å². The van der Waals surface area contributed by atoms with E-state index in [1.54, 1.807) is 25.3 Å². The Morgan fingerprint density at radius 2 is 2.33 bits per heavy atom. The number of nitrogens with zero attached hydrogens (tertiary/aromatic N) is 6. The monoisotopic (exact) mass is 328 g/mol. The van der Waals surface area contributed by atoms with Crippen LogP contribution >= 0.6 is 0 Å². The van der Waals surface area contributed by atoms with Crippen LogP contribution in [0.4, 0.5) is 0 Å². The van der Waals surface area contributed by atoms with E-state index in [4.69, 9.17) is 10.3 Å². The number of hydrogen-bond acceptors (Lipinski definition) is 8. The quantitative estimate of drug-likeness (QED) is 0.653. The summed E-state index contributed by atoms with van der Waals surface area (Å²) in [7, 11) is 0. The fourth-order valence-corrected chi connectivity index (χ4v) is 1.99. The van der Waals surface area contributed by atoms with E-state index >= 15 is 0 Å². The minimum absolute atomic E-state index is 0.194. The summed E-state index contributed by atoms with van der Waals surface area (Å²) in [5, 5.41) is 14.2. The fourth-order valence-electron chi connectivity index (χ4n) is 1.99. The van der Waals surface area contributed by atoms with Crippen molar-refractivity contribution in [1.29, 1.82) is 0 Å². The molecular weight excluding hydrogens is 312 g/mol. The van der Waals surface area contributed by atoms with Crippen LogP contribution in [0.1, 0.15) is 29.3 Å². The molecule has 0 saturated carbocycles. The van der Waals surface area contributed by atoms with Crippen LogP contribution in [0, 0.1) is 0 Å². The van der Waals surface area contributed by atoms with Crippen molar-refractivity contribution in [2.75, 3.05) is 6.54 Å². The predicted molar refractivity (Wildman–Crippen MR) is 82.5 cm³/mol. The molecule has 3 rings (SSSR count). The third-order valence-electron chi connectivity index (χ3n) is 3.18. The summed E-state index contributed by atoms with van der Waals surface area (Å²) in [6.07, 6.45) is 3.17. The lowest BCUT2D eigenvalue weighted by Crippen LogP contribution is -2.27. The summed E-state index contributed by atoms with van der Waals surface area (Å²) in [6, 6.07) is 4.91. The van der Waals surface area contributed by atoms with Gasteiger partial charge in [-0.15, -0.1) is 5.10 Å². The summed E-state index contributed by atoms with van der Waals surface area (Å²) in [5.74, 6) is 0.252. The molecule has 3 aromatic heterocycles. The van der Waals surface area contributed by atoms with E-state index < -0.39 is 6.04 Å². The van der Waals surface area contributed by atoms with E-state index in [1.165, 1.54) is 10.9 Å². The first-order valence-corrected chi connectivity index (χ1v) is 7.33. The highest BCUT2D eigenvalue weighted by Crippen LogP contribution is 2.16. The first kappa shape index (κ1) is 15.7. The van der Waals surface area contributed by atoms with Crippen molar-refractivity contribution in [3.63, 3.8) is 0 Å². The largest absolute Gasteiger partial charge is 0.339 e. The Bertz CT molecular complexity index is 813. The molecule has 3 heterocycles. The lowest BCUT2D eigenvalue weighted by atomic mass is 10.3. The first-order chi connectivity index (χ1) is 11.7. The Morgan fingerprint density at radius 1 is 1.46 bits per heavy atom. The molecule has 10 heteroatoms. The van der Waals surface area contributed by atoms with Gasteiger partial charge >= 0.3 is 0 Å². The third-order valence-corrected chi connectivity index (χ3v) is 3.18. The van der Waals surface area contributed by atoms with Gasteiger partial charge in [0.25, 0.3) is 5.91 Å². The van der Waals surface area contributed by atoms with Crippen molar-refractivity contribution < 1.29 is 9.32 Å². The Morgan fingerprint density at radius 3 is 3.08 bits per heavy atom. The molecular formula is C14H16N8O2. The molecule has 3 N–H and O–H groups in total. The number of amides is 1. The van der Waals surface area contributed by atoms with Gasteiger partial charge in [0, 0.05) is 12.7 Å². The summed E-state index contributed by atoms with van der Waals surface area (Å²) < 4.78 is 6.69. The van der Waals surface area contributed by atoms with Crippen LogP contribution in [0.2, 0.25) is 0 Å². The van der Waals surface area contributed by atoms with Gasteiger partial charge in [-0.2, -0.15) is 4.98 Å². The van der Waals surface area contributed by atoms with Crippen molar-refractivity contribution in [2.45, 2.75) is 19.5 Å². The molecule has 0 fully saturated rings. The van der Waals surface area contributed by atoms with Crippen molar-refractivity contribution >= 4 is 5.91 Å². The van der Waals surface area contributed by atoms with Crippen molar-refractivity contribution in [1.82, 2.24) is 35.4 Å². The van der Waals surface area contributed by atoms with Crippen LogP contribution in [0.15, 0.2) is 35.1 Å². The number of carbonyl (C=O) groups is 1. The van der Waals surface area contributed by atoms with Crippen LogP contribution in [0.3, 0.4) is 0 Å². The molecule has 24 heavy (non-hydrogen) atoms. The number of pyridine rings is 1. The summed E-state index contributed by atoms with van der Waals surface area (Å²) in [6.45, 7) is 2.64. The van der Waals surface area contributed by atoms with Gasteiger partial charge in [0.2, 0.25) is 11.7 Å². The Balaban J connectivity index is 1.67. The first-order valence-electron chi connectivity index (χ1n) is 7.33. The van der Waals surface area contributed by atoms with E-state index in [2.05, 4.69) is 30.8 Å². The standard InChI is InChI=1S/C14H16N8O2/c1-9(17-13(23)11-8-22(7-5-15)21-19-11)14-18-12(20-24-14)10-4-2-3-6-16-10/h2-4,6,8-9H,5,7,15H2,1H3,(H,17,23)/t9-/m1/s1. The van der Waals surface area contributed by atoms with E-state index in [9.17, 15) is 4.79 Å². The van der Waals surface area contributed by atoms with E-state index in [0.29, 0.717) is 24.6 Å². The molecule has 0 radical (unpaired) electrons. The average molecular weight is 328 g/mol. The Kier molecular flexibility index (Phi) is 4.57. The van der Waals surface area contributed by atoms with Crippen molar-refractivity contribution in [3.05, 3.63) is 42.2 Å². The van der Waals surface area contributed by atoms with Crippen molar-refractivity contribution in [3.8, 4) is 11.5 Å². The molecule has 1 atom stereocenters. The molecule has 0 aliphatic carbocycles. The number of hydrogen-bond donors (Lipinski definition) is 2. The molecule has 0 saturated heterocycles. The maximum Gasteiger partial charge on any atom is 0.274 e. The molecule has 0 aliphatic rings. The lowest BCUT2D eigenvalue weighted by molar-refractivity contribution is 0.0927. The second-order valence-electron chi connectivity index (χ2n) is 5.02. The minimum Gasteiger partial charge on any atom is -0.339 e. The molecule has 0 aromatic carbocycles. The van der Waals surface area contributed by atoms with Gasteiger partial charge in [0.1, 0.15) is 11.7 Å². The van der Waals surface area contributed by atoms with Gasteiger partial charge in [-0.05, 0) is 19.1 Å². The Hall–Kier alpha value is -3.14. The highest BCUT2D eigenvalue weighted by atomic mass is 16.5. The summed E-state index contributed by atoms with van der Waals surface area (Å²) in [4.78, 5) is 20.6. The molecule has 124 valence electrons. The van der Waals surface area contributed by atoms with Gasteiger partial charge in [-0.25, -0.2) is 0 Å². The molecule has 0 spiro atoms. The number of nitrogens with one attached hydrogen (secondary N) is 1. The van der Waals surface area contributed by atoms with E-state index in [1.807, 2.05) is 6.07 Å². The second kappa shape index (κ2) is 6.96. The smallest absolute Gasteiger partial charge is 0.274 e. The maximum absolute atomic E-state index is 12.2. The molecule has 0 aliphatic heterocycles. The van der Waals surface area contributed by atoms with Crippen LogP contribution in [-0.2, 0) is 6.54 Å². The maximum atomic E-state index is 12.2. The highest BCUT2D eigenvalue weighted by molar-refractivity contribution is 5.92. The van der Waals surface area contributed by atoms with Crippen molar-refractivity contribution in [2.24, 2.45) is 5.73 Å². The van der Waals surface area contributed by atoms with Gasteiger partial charge in [0.15, 0.2) is 5.69 Å². The molecule has 1 amide bonds. The molecule has 10 nitrogen and oxygen atoms in total. The lowest BCUT2D eigenvalue weighted by Gasteiger charge is -2.07.